The minimum atomic E-state index is 0.306. The summed E-state index contributed by atoms with van der Waals surface area (Å²) in [6.07, 6.45) is 11.2. The van der Waals surface area contributed by atoms with Gasteiger partial charge in [0.25, 0.3) is 0 Å². The predicted molar refractivity (Wildman–Crippen MR) is 114 cm³/mol. The molecule has 3 nitrogen and oxygen atoms in total. The molecule has 3 unspecified atom stereocenters. The first kappa shape index (κ1) is 19.7. The van der Waals surface area contributed by atoms with Crippen molar-refractivity contribution in [1.29, 1.82) is 0 Å². The summed E-state index contributed by atoms with van der Waals surface area (Å²) in [4.78, 5) is 7.35. The monoisotopic (exact) mass is 380 g/mol. The molecule has 3 atom stereocenters. The number of hydrogen-bond acceptors (Lipinski definition) is 3. The maximum atomic E-state index is 6.39. The van der Waals surface area contributed by atoms with Crippen LogP contribution in [0.15, 0.2) is 40.9 Å². The molecule has 2 aromatic rings. The molecule has 1 aliphatic heterocycles. The second-order valence-corrected chi connectivity index (χ2v) is 9.12. The Bertz CT molecular complexity index is 719. The van der Waals surface area contributed by atoms with E-state index in [0.717, 1.165) is 30.0 Å². The molecule has 0 radical (unpaired) electrons. The van der Waals surface area contributed by atoms with E-state index in [0.29, 0.717) is 11.8 Å². The molecule has 1 saturated heterocycles. The zero-order valence-corrected chi connectivity index (χ0v) is 17.6. The van der Waals surface area contributed by atoms with E-state index in [1.165, 1.54) is 63.6 Å². The summed E-state index contributed by atoms with van der Waals surface area (Å²) >= 11 is 0. The van der Waals surface area contributed by atoms with Gasteiger partial charge in [-0.25, -0.2) is 4.98 Å². The fourth-order valence-corrected chi connectivity index (χ4v) is 5.53. The molecular weight excluding hydrogens is 344 g/mol. The van der Waals surface area contributed by atoms with E-state index in [4.69, 9.17) is 9.40 Å². The Kier molecular flexibility index (Phi) is 6.51. The van der Waals surface area contributed by atoms with Gasteiger partial charge in [0.05, 0.1) is 18.7 Å². The highest BCUT2D eigenvalue weighted by atomic mass is 16.4. The molecule has 28 heavy (non-hydrogen) atoms. The fourth-order valence-electron chi connectivity index (χ4n) is 5.53. The van der Waals surface area contributed by atoms with Gasteiger partial charge in [0.2, 0.25) is 5.89 Å². The number of aromatic nitrogens is 1. The molecule has 2 aliphatic rings. The van der Waals surface area contributed by atoms with Crippen LogP contribution in [-0.4, -0.2) is 23.0 Å². The molecule has 1 aliphatic carbocycles. The van der Waals surface area contributed by atoms with Gasteiger partial charge in [0, 0.05) is 6.54 Å². The summed E-state index contributed by atoms with van der Waals surface area (Å²) in [6, 6.07) is 10.9. The average Bonchev–Trinajstić information content (AvgIpc) is 3.18. The number of rotatable bonds is 6. The van der Waals surface area contributed by atoms with E-state index in [-0.39, 0.29) is 0 Å². The lowest BCUT2D eigenvalue weighted by Gasteiger charge is -2.36. The van der Waals surface area contributed by atoms with Gasteiger partial charge >= 0.3 is 0 Å². The summed E-state index contributed by atoms with van der Waals surface area (Å²) in [5.74, 6) is 4.59. The average molecular weight is 381 g/mol. The lowest BCUT2D eigenvalue weighted by molar-refractivity contribution is 0.113. The summed E-state index contributed by atoms with van der Waals surface area (Å²) in [5, 5.41) is 0. The lowest BCUT2D eigenvalue weighted by Crippen LogP contribution is -2.38. The van der Waals surface area contributed by atoms with Crippen molar-refractivity contribution < 1.29 is 4.42 Å². The number of hydrogen-bond donors (Lipinski definition) is 0. The minimum absolute atomic E-state index is 0.306. The first-order valence-corrected chi connectivity index (χ1v) is 11.5. The summed E-state index contributed by atoms with van der Waals surface area (Å²) in [5.41, 5.74) is 1.36. The lowest BCUT2D eigenvalue weighted by atomic mass is 9.77. The third kappa shape index (κ3) is 4.51. The molecule has 152 valence electrons. The van der Waals surface area contributed by atoms with Gasteiger partial charge in [0.1, 0.15) is 5.76 Å². The highest BCUT2D eigenvalue weighted by Gasteiger charge is 2.31. The van der Waals surface area contributed by atoms with Gasteiger partial charge in [-0.2, -0.15) is 0 Å². The van der Waals surface area contributed by atoms with E-state index in [1.54, 1.807) is 0 Å². The van der Waals surface area contributed by atoms with Gasteiger partial charge < -0.3 is 4.42 Å². The van der Waals surface area contributed by atoms with Gasteiger partial charge in [-0.15, -0.1) is 0 Å². The maximum absolute atomic E-state index is 6.39. The summed E-state index contributed by atoms with van der Waals surface area (Å²) in [7, 11) is 0. The van der Waals surface area contributed by atoms with Gasteiger partial charge in [-0.3, -0.25) is 4.90 Å². The van der Waals surface area contributed by atoms with Gasteiger partial charge in [0.15, 0.2) is 0 Å². The van der Waals surface area contributed by atoms with Crippen LogP contribution in [-0.2, 0) is 6.54 Å². The Morgan fingerprint density at radius 1 is 1.11 bits per heavy atom. The van der Waals surface area contributed by atoms with Crippen molar-refractivity contribution in [1.82, 2.24) is 9.88 Å². The zero-order chi connectivity index (χ0) is 19.3. The Labute approximate surface area is 170 Å². The van der Waals surface area contributed by atoms with Gasteiger partial charge in [-0.05, 0) is 49.1 Å². The summed E-state index contributed by atoms with van der Waals surface area (Å²) in [6.45, 7) is 8.00. The second kappa shape index (κ2) is 9.26. The molecule has 2 fully saturated rings. The fraction of sp³-hybridized carbons (Fsp3) is 0.640. The Balaban J connectivity index is 1.49. The van der Waals surface area contributed by atoms with Crippen molar-refractivity contribution in [2.75, 3.05) is 13.1 Å². The number of nitrogens with zero attached hydrogens (tertiary/aromatic N) is 2. The van der Waals surface area contributed by atoms with Crippen LogP contribution in [0.4, 0.5) is 0 Å². The molecule has 0 bridgehead atoms. The van der Waals surface area contributed by atoms with Crippen molar-refractivity contribution in [3.05, 3.63) is 53.7 Å². The predicted octanol–water partition coefficient (Wildman–Crippen LogP) is 6.25. The van der Waals surface area contributed by atoms with E-state index < -0.39 is 0 Å². The summed E-state index contributed by atoms with van der Waals surface area (Å²) < 4.78 is 6.39. The highest BCUT2D eigenvalue weighted by molar-refractivity contribution is 5.26. The first-order valence-electron chi connectivity index (χ1n) is 11.5. The quantitative estimate of drug-likeness (QED) is 0.593. The maximum Gasteiger partial charge on any atom is 0.202 e. The van der Waals surface area contributed by atoms with Crippen LogP contribution >= 0.6 is 0 Å². The number of benzene rings is 1. The topological polar surface area (TPSA) is 29.3 Å². The molecular formula is C25H36N2O. The van der Waals surface area contributed by atoms with Crippen LogP contribution in [0.3, 0.4) is 0 Å². The van der Waals surface area contributed by atoms with Crippen LogP contribution in [0.1, 0.15) is 81.9 Å². The molecule has 0 N–H and O–H groups in total. The van der Waals surface area contributed by atoms with E-state index >= 15 is 0 Å². The third-order valence-electron chi connectivity index (χ3n) is 7.19. The minimum Gasteiger partial charge on any atom is -0.444 e. The van der Waals surface area contributed by atoms with E-state index in [1.807, 2.05) is 6.20 Å². The molecule has 1 saturated carbocycles. The second-order valence-electron chi connectivity index (χ2n) is 9.12. The zero-order valence-electron chi connectivity index (χ0n) is 17.6. The molecule has 3 heteroatoms. The highest BCUT2D eigenvalue weighted by Crippen LogP contribution is 2.40. The molecule has 1 aromatic carbocycles. The van der Waals surface area contributed by atoms with Crippen molar-refractivity contribution in [2.24, 2.45) is 17.8 Å². The van der Waals surface area contributed by atoms with Crippen molar-refractivity contribution in [2.45, 2.75) is 71.3 Å². The van der Waals surface area contributed by atoms with Crippen LogP contribution in [0.5, 0.6) is 0 Å². The Morgan fingerprint density at radius 3 is 2.61 bits per heavy atom. The standard InChI is InChI=1S/C25H36N2O/c1-3-20-14-15-27(17-19(20)2)18-23-16-26-25(28-23)24(21-10-6-4-7-11-21)22-12-8-5-9-13-22/h4,6-7,10-11,16,19-20,22,24H,3,5,8-9,12-15,17-18H2,1-2H3. The van der Waals surface area contributed by atoms with E-state index in [2.05, 4.69) is 49.1 Å². The van der Waals surface area contributed by atoms with Crippen molar-refractivity contribution in [3.8, 4) is 0 Å². The van der Waals surface area contributed by atoms with Crippen molar-refractivity contribution in [3.63, 3.8) is 0 Å². The van der Waals surface area contributed by atoms with E-state index in [9.17, 15) is 0 Å². The van der Waals surface area contributed by atoms with Crippen LogP contribution < -0.4 is 0 Å². The largest absolute Gasteiger partial charge is 0.444 e. The third-order valence-corrected chi connectivity index (χ3v) is 7.19. The molecule has 0 amide bonds. The normalized spacial score (nSPS) is 25.6. The Morgan fingerprint density at radius 2 is 1.89 bits per heavy atom. The molecule has 4 rings (SSSR count). The Hall–Kier alpha value is -1.61. The number of likely N-dealkylation sites (tertiary alicyclic amines) is 1. The number of oxazole rings is 1. The van der Waals surface area contributed by atoms with Crippen LogP contribution in [0.2, 0.25) is 0 Å². The first-order chi connectivity index (χ1) is 13.7. The van der Waals surface area contributed by atoms with Crippen LogP contribution in [0, 0.1) is 17.8 Å². The smallest absolute Gasteiger partial charge is 0.202 e. The van der Waals surface area contributed by atoms with Crippen molar-refractivity contribution >= 4 is 0 Å². The number of piperidine rings is 1. The molecule has 1 aromatic heterocycles. The van der Waals surface area contributed by atoms with Crippen LogP contribution in [0.25, 0.3) is 0 Å². The molecule has 0 spiro atoms. The SMILES string of the molecule is CCC1CCN(Cc2cnc(C(c3ccccc3)C3CCCCC3)o2)CC1C. The molecule has 2 heterocycles. The van der Waals surface area contributed by atoms with Gasteiger partial charge in [-0.1, -0.05) is 69.9 Å².